The number of hydrogen-bond donors (Lipinski definition) is 1. The molecule has 100 valence electrons. The van der Waals surface area contributed by atoms with Crippen LogP contribution in [0.15, 0.2) is 48.1 Å². The number of Topliss-reactive ketones (excluding diaryl/α,β-unsaturated/α-hetero) is 1. The van der Waals surface area contributed by atoms with Crippen LogP contribution in [0.25, 0.3) is 0 Å². The lowest BCUT2D eigenvalue weighted by Crippen LogP contribution is -2.32. The number of rotatable bonds is 4. The van der Waals surface area contributed by atoms with E-state index in [-0.39, 0.29) is 11.5 Å². The van der Waals surface area contributed by atoms with Crippen LogP contribution in [-0.4, -0.2) is 30.9 Å². The van der Waals surface area contributed by atoms with Gasteiger partial charge in [0.15, 0.2) is 11.6 Å². The van der Waals surface area contributed by atoms with Crippen molar-refractivity contribution in [2.45, 2.75) is 12.2 Å². The summed E-state index contributed by atoms with van der Waals surface area (Å²) in [7, 11) is 3.11. The first-order valence-electron chi connectivity index (χ1n) is 5.94. The van der Waals surface area contributed by atoms with E-state index >= 15 is 0 Å². The fourth-order valence-corrected chi connectivity index (χ4v) is 1.98. The Labute approximate surface area is 112 Å². The summed E-state index contributed by atoms with van der Waals surface area (Å²) in [5, 5.41) is 9.69. The van der Waals surface area contributed by atoms with Crippen LogP contribution in [0.5, 0.6) is 5.75 Å². The smallest absolute Gasteiger partial charge is 0.196 e. The van der Waals surface area contributed by atoms with Gasteiger partial charge in [-0.05, 0) is 18.2 Å². The Balaban J connectivity index is 2.23. The van der Waals surface area contributed by atoms with Crippen molar-refractivity contribution in [3.8, 4) is 5.75 Å². The Morgan fingerprint density at radius 3 is 2.47 bits per heavy atom. The van der Waals surface area contributed by atoms with Gasteiger partial charge in [-0.1, -0.05) is 24.3 Å². The molecule has 0 unspecified atom stereocenters. The lowest BCUT2D eigenvalue weighted by Gasteiger charge is -2.28. The number of ketones is 1. The average Bonchev–Trinajstić information content (AvgIpc) is 2.47. The molecule has 4 heteroatoms. The normalized spacial score (nSPS) is 17.1. The molecule has 1 aliphatic rings. The van der Waals surface area contributed by atoms with E-state index < -0.39 is 5.79 Å². The zero-order chi connectivity index (χ0) is 13.9. The van der Waals surface area contributed by atoms with Crippen LogP contribution in [0.3, 0.4) is 0 Å². The number of carbonyl (C=O) groups is 1. The SMILES string of the molecule is COC1(OC)C=CC(C(=O)c2ccccc2O)=CC1. The van der Waals surface area contributed by atoms with Crippen molar-refractivity contribution in [3.63, 3.8) is 0 Å². The average molecular weight is 260 g/mol. The first-order valence-corrected chi connectivity index (χ1v) is 5.94. The molecule has 0 saturated carbocycles. The van der Waals surface area contributed by atoms with E-state index in [1.807, 2.05) is 0 Å². The van der Waals surface area contributed by atoms with Gasteiger partial charge in [0.2, 0.25) is 0 Å². The highest BCUT2D eigenvalue weighted by atomic mass is 16.7. The summed E-state index contributed by atoms with van der Waals surface area (Å²) in [6, 6.07) is 6.49. The van der Waals surface area contributed by atoms with Crippen LogP contribution < -0.4 is 0 Å². The van der Waals surface area contributed by atoms with Crippen molar-refractivity contribution in [1.82, 2.24) is 0 Å². The molecule has 0 heterocycles. The maximum atomic E-state index is 12.2. The molecule has 0 aliphatic heterocycles. The van der Waals surface area contributed by atoms with Gasteiger partial charge in [-0.25, -0.2) is 0 Å². The first-order chi connectivity index (χ1) is 9.12. The van der Waals surface area contributed by atoms with Gasteiger partial charge >= 0.3 is 0 Å². The van der Waals surface area contributed by atoms with Crippen LogP contribution >= 0.6 is 0 Å². The summed E-state index contributed by atoms with van der Waals surface area (Å²) in [5.41, 5.74) is 0.812. The number of methoxy groups -OCH3 is 2. The molecule has 0 fully saturated rings. The fourth-order valence-electron chi connectivity index (χ4n) is 1.98. The van der Waals surface area contributed by atoms with Gasteiger partial charge < -0.3 is 14.6 Å². The van der Waals surface area contributed by atoms with E-state index in [4.69, 9.17) is 9.47 Å². The van der Waals surface area contributed by atoms with Crippen LogP contribution in [-0.2, 0) is 9.47 Å². The highest BCUT2D eigenvalue weighted by molar-refractivity contribution is 6.12. The van der Waals surface area contributed by atoms with Crippen molar-refractivity contribution < 1.29 is 19.4 Å². The fraction of sp³-hybridized carbons (Fsp3) is 0.267. The van der Waals surface area contributed by atoms with Crippen molar-refractivity contribution in [2.75, 3.05) is 14.2 Å². The third kappa shape index (κ3) is 2.59. The minimum atomic E-state index is -0.803. The molecular formula is C15H16O4. The number of para-hydroxylation sites is 1. The number of aromatic hydroxyl groups is 1. The largest absolute Gasteiger partial charge is 0.507 e. The molecule has 2 rings (SSSR count). The third-order valence-electron chi connectivity index (χ3n) is 3.23. The lowest BCUT2D eigenvalue weighted by atomic mass is 9.95. The Morgan fingerprint density at radius 2 is 1.95 bits per heavy atom. The highest BCUT2D eigenvalue weighted by Crippen LogP contribution is 2.28. The van der Waals surface area contributed by atoms with Crippen molar-refractivity contribution in [2.24, 2.45) is 0 Å². The predicted molar refractivity (Wildman–Crippen MR) is 71.0 cm³/mol. The topological polar surface area (TPSA) is 55.8 Å². The number of phenolic OH excluding ortho intramolecular Hbond substituents is 1. The van der Waals surface area contributed by atoms with E-state index in [2.05, 4.69) is 0 Å². The maximum Gasteiger partial charge on any atom is 0.196 e. The summed E-state index contributed by atoms with van der Waals surface area (Å²) < 4.78 is 10.5. The lowest BCUT2D eigenvalue weighted by molar-refractivity contribution is -0.167. The molecule has 1 aromatic rings. The van der Waals surface area contributed by atoms with E-state index in [1.165, 1.54) is 6.07 Å². The van der Waals surface area contributed by atoms with E-state index in [1.54, 1.807) is 50.6 Å². The minimum Gasteiger partial charge on any atom is -0.507 e. The number of benzene rings is 1. The molecule has 19 heavy (non-hydrogen) atoms. The van der Waals surface area contributed by atoms with Crippen LogP contribution in [0, 0.1) is 0 Å². The number of phenols is 1. The molecular weight excluding hydrogens is 244 g/mol. The molecule has 0 atom stereocenters. The third-order valence-corrected chi connectivity index (χ3v) is 3.23. The Kier molecular flexibility index (Phi) is 3.83. The molecule has 0 bridgehead atoms. The highest BCUT2D eigenvalue weighted by Gasteiger charge is 2.29. The van der Waals surface area contributed by atoms with E-state index in [9.17, 15) is 9.90 Å². The van der Waals surface area contributed by atoms with Crippen LogP contribution in [0.1, 0.15) is 16.8 Å². The summed E-state index contributed by atoms with van der Waals surface area (Å²) in [6.45, 7) is 0. The molecule has 1 aliphatic carbocycles. The number of ether oxygens (including phenoxy) is 2. The van der Waals surface area contributed by atoms with Gasteiger partial charge in [0.25, 0.3) is 0 Å². The summed E-state index contributed by atoms with van der Waals surface area (Å²) >= 11 is 0. The van der Waals surface area contributed by atoms with Gasteiger partial charge in [0.1, 0.15) is 5.75 Å². The van der Waals surface area contributed by atoms with Gasteiger partial charge in [-0.15, -0.1) is 0 Å². The second-order valence-corrected chi connectivity index (χ2v) is 4.26. The van der Waals surface area contributed by atoms with Gasteiger partial charge in [0, 0.05) is 26.2 Å². The zero-order valence-corrected chi connectivity index (χ0v) is 10.9. The van der Waals surface area contributed by atoms with Crippen molar-refractivity contribution in [1.29, 1.82) is 0 Å². The molecule has 1 N–H and O–H groups in total. The Hall–Kier alpha value is -1.91. The summed E-state index contributed by atoms with van der Waals surface area (Å²) in [5.74, 6) is -1.03. The van der Waals surface area contributed by atoms with Gasteiger partial charge in [-0.2, -0.15) is 0 Å². The number of carbonyl (C=O) groups excluding carboxylic acids is 1. The second kappa shape index (κ2) is 5.38. The van der Waals surface area contributed by atoms with Gasteiger partial charge in [0.05, 0.1) is 5.56 Å². The second-order valence-electron chi connectivity index (χ2n) is 4.26. The number of allylic oxidation sites excluding steroid dienone is 2. The first kappa shape index (κ1) is 13.5. The monoisotopic (exact) mass is 260 g/mol. The molecule has 4 nitrogen and oxygen atoms in total. The summed E-state index contributed by atoms with van der Waals surface area (Å²) in [6.07, 6.45) is 5.57. The van der Waals surface area contributed by atoms with E-state index in [0.29, 0.717) is 17.6 Å². The van der Waals surface area contributed by atoms with E-state index in [0.717, 1.165) is 0 Å². The molecule has 0 spiro atoms. The zero-order valence-electron chi connectivity index (χ0n) is 10.9. The molecule has 0 radical (unpaired) electrons. The molecule has 0 amide bonds. The minimum absolute atomic E-state index is 0.0166. The maximum absolute atomic E-state index is 12.2. The van der Waals surface area contributed by atoms with Crippen LogP contribution in [0.4, 0.5) is 0 Å². The number of hydrogen-bond acceptors (Lipinski definition) is 4. The molecule has 0 saturated heterocycles. The molecule has 1 aromatic carbocycles. The van der Waals surface area contributed by atoms with Crippen molar-refractivity contribution in [3.05, 3.63) is 53.6 Å². The van der Waals surface area contributed by atoms with Gasteiger partial charge in [-0.3, -0.25) is 4.79 Å². The Bertz CT molecular complexity index is 539. The Morgan fingerprint density at radius 1 is 1.26 bits per heavy atom. The summed E-state index contributed by atoms with van der Waals surface area (Å²) in [4.78, 5) is 12.2. The van der Waals surface area contributed by atoms with Crippen molar-refractivity contribution >= 4 is 5.78 Å². The predicted octanol–water partition coefficient (Wildman–Crippen LogP) is 2.45. The standard InChI is InChI=1S/C15H16O4/c1-18-15(19-2)9-7-11(8-10-15)14(17)12-5-3-4-6-13(12)16/h3-9,16H,10H2,1-2H3. The quantitative estimate of drug-likeness (QED) is 0.667. The van der Waals surface area contributed by atoms with Crippen LogP contribution in [0.2, 0.25) is 0 Å². The molecule has 0 aromatic heterocycles.